The Bertz CT molecular complexity index is 420. The van der Waals surface area contributed by atoms with Gasteiger partial charge in [-0.2, -0.15) is 0 Å². The minimum Gasteiger partial charge on any atom is -0.378 e. The molecular weight excluding hydrogens is 443 g/mol. The van der Waals surface area contributed by atoms with Gasteiger partial charge in [0.05, 0.1) is 6.10 Å². The normalized spacial score (nSPS) is 19.8. The van der Waals surface area contributed by atoms with E-state index < -0.39 is 0 Å². The molecule has 1 saturated carbocycles. The molecule has 0 aromatic heterocycles. The van der Waals surface area contributed by atoms with Crippen LogP contribution in [0.15, 0.2) is 4.99 Å². The molecule has 7 heteroatoms. The summed E-state index contributed by atoms with van der Waals surface area (Å²) in [5.41, 5.74) is 0. The van der Waals surface area contributed by atoms with Gasteiger partial charge < -0.3 is 20.3 Å². The maximum atomic E-state index is 11.5. The van der Waals surface area contributed by atoms with Crippen LogP contribution in [0.3, 0.4) is 0 Å². The van der Waals surface area contributed by atoms with E-state index in [1.165, 1.54) is 32.1 Å². The Kier molecular flexibility index (Phi) is 12.3. The van der Waals surface area contributed by atoms with Crippen LogP contribution < -0.4 is 10.6 Å². The number of aliphatic imine (C=N–C) groups is 1. The number of guanidine groups is 1. The molecule has 2 rings (SSSR count). The van der Waals surface area contributed by atoms with Gasteiger partial charge in [0.2, 0.25) is 5.91 Å². The van der Waals surface area contributed by atoms with Crippen molar-refractivity contribution >= 4 is 35.8 Å². The zero-order valence-electron chi connectivity index (χ0n) is 16.5. The van der Waals surface area contributed by atoms with Crippen LogP contribution in [0, 0.1) is 5.92 Å². The van der Waals surface area contributed by atoms with Gasteiger partial charge in [0, 0.05) is 46.8 Å². The van der Waals surface area contributed by atoms with E-state index in [0.29, 0.717) is 18.4 Å². The van der Waals surface area contributed by atoms with Gasteiger partial charge in [-0.3, -0.25) is 9.79 Å². The molecule has 1 aliphatic heterocycles. The summed E-state index contributed by atoms with van der Waals surface area (Å²) in [5.74, 6) is 1.63. The Hall–Kier alpha value is -0.570. The lowest BCUT2D eigenvalue weighted by Crippen LogP contribution is -2.46. The summed E-state index contributed by atoms with van der Waals surface area (Å²) < 4.78 is 5.97. The van der Waals surface area contributed by atoms with Gasteiger partial charge in [0.1, 0.15) is 0 Å². The van der Waals surface area contributed by atoms with Crippen LogP contribution in [-0.4, -0.2) is 63.2 Å². The highest BCUT2D eigenvalue weighted by Gasteiger charge is 2.23. The molecular formula is C19H37IN4O2. The Labute approximate surface area is 175 Å². The predicted octanol–water partition coefficient (Wildman–Crippen LogP) is 2.77. The van der Waals surface area contributed by atoms with Gasteiger partial charge in [-0.25, -0.2) is 0 Å². The number of ether oxygens (including phenoxy) is 1. The van der Waals surface area contributed by atoms with Gasteiger partial charge in [-0.1, -0.05) is 19.3 Å². The van der Waals surface area contributed by atoms with Gasteiger partial charge in [0.15, 0.2) is 5.96 Å². The van der Waals surface area contributed by atoms with Crippen molar-refractivity contribution in [3.05, 3.63) is 0 Å². The SMILES string of the molecule is CN=C(NCCCOC1CCCCC1)N1CCC(CC(=O)NC)CC1.I. The largest absolute Gasteiger partial charge is 0.378 e. The first-order valence-corrected chi connectivity index (χ1v) is 10.0. The summed E-state index contributed by atoms with van der Waals surface area (Å²) in [7, 11) is 3.55. The monoisotopic (exact) mass is 480 g/mol. The third-order valence-corrected chi connectivity index (χ3v) is 5.39. The number of rotatable bonds is 7. The lowest BCUT2D eigenvalue weighted by molar-refractivity contribution is -0.121. The number of hydrogen-bond acceptors (Lipinski definition) is 3. The number of nitrogens with zero attached hydrogens (tertiary/aromatic N) is 2. The van der Waals surface area contributed by atoms with E-state index in [1.54, 1.807) is 7.05 Å². The van der Waals surface area contributed by atoms with Crippen molar-refractivity contribution in [2.45, 2.75) is 63.9 Å². The lowest BCUT2D eigenvalue weighted by Gasteiger charge is -2.34. The van der Waals surface area contributed by atoms with Gasteiger partial charge >= 0.3 is 0 Å². The van der Waals surface area contributed by atoms with Crippen LogP contribution in [0.25, 0.3) is 0 Å². The van der Waals surface area contributed by atoms with Crippen LogP contribution in [0.5, 0.6) is 0 Å². The quantitative estimate of drug-likeness (QED) is 0.255. The Morgan fingerprint density at radius 3 is 2.46 bits per heavy atom. The Morgan fingerprint density at radius 2 is 1.85 bits per heavy atom. The van der Waals surface area contributed by atoms with Crippen LogP contribution >= 0.6 is 24.0 Å². The molecule has 0 spiro atoms. The molecule has 2 aliphatic rings. The first kappa shape index (κ1) is 23.5. The summed E-state index contributed by atoms with van der Waals surface area (Å²) >= 11 is 0. The smallest absolute Gasteiger partial charge is 0.220 e. The molecule has 2 N–H and O–H groups in total. The summed E-state index contributed by atoms with van der Waals surface area (Å²) in [6, 6.07) is 0. The predicted molar refractivity (Wildman–Crippen MR) is 117 cm³/mol. The molecule has 26 heavy (non-hydrogen) atoms. The zero-order valence-corrected chi connectivity index (χ0v) is 18.8. The molecule has 0 aromatic carbocycles. The molecule has 1 aliphatic carbocycles. The number of halogens is 1. The van der Waals surface area contributed by atoms with Crippen molar-refractivity contribution < 1.29 is 9.53 Å². The minimum atomic E-state index is 0. The zero-order chi connectivity index (χ0) is 17.9. The van der Waals surface area contributed by atoms with Crippen LogP contribution in [0.1, 0.15) is 57.8 Å². The highest BCUT2D eigenvalue weighted by atomic mass is 127. The van der Waals surface area contributed by atoms with E-state index in [2.05, 4.69) is 20.5 Å². The van der Waals surface area contributed by atoms with Gasteiger partial charge in [-0.05, 0) is 38.0 Å². The molecule has 0 radical (unpaired) electrons. The van der Waals surface area contributed by atoms with Crippen molar-refractivity contribution in [2.24, 2.45) is 10.9 Å². The third-order valence-electron chi connectivity index (χ3n) is 5.39. The van der Waals surface area contributed by atoms with Gasteiger partial charge in [-0.15, -0.1) is 24.0 Å². The highest BCUT2D eigenvalue weighted by Crippen LogP contribution is 2.21. The van der Waals surface area contributed by atoms with Crippen molar-refractivity contribution in [1.82, 2.24) is 15.5 Å². The fourth-order valence-corrected chi connectivity index (χ4v) is 3.80. The summed E-state index contributed by atoms with van der Waals surface area (Å²) in [4.78, 5) is 18.2. The summed E-state index contributed by atoms with van der Waals surface area (Å²) in [6.45, 7) is 3.68. The van der Waals surface area contributed by atoms with Crippen molar-refractivity contribution in [3.63, 3.8) is 0 Å². The molecule has 0 aromatic rings. The number of piperidine rings is 1. The topological polar surface area (TPSA) is 66.0 Å². The first-order valence-electron chi connectivity index (χ1n) is 10.0. The average Bonchev–Trinajstić information content (AvgIpc) is 2.66. The van der Waals surface area contributed by atoms with Crippen molar-refractivity contribution in [2.75, 3.05) is 40.3 Å². The maximum absolute atomic E-state index is 11.5. The van der Waals surface area contributed by atoms with E-state index in [0.717, 1.165) is 51.5 Å². The first-order chi connectivity index (χ1) is 12.2. The fraction of sp³-hybridized carbons (Fsp3) is 0.895. The van der Waals surface area contributed by atoms with E-state index in [4.69, 9.17) is 4.74 Å². The number of carbonyl (C=O) groups is 1. The number of nitrogens with one attached hydrogen (secondary N) is 2. The van der Waals surface area contributed by atoms with E-state index in [1.807, 2.05) is 7.05 Å². The third kappa shape index (κ3) is 8.41. The van der Waals surface area contributed by atoms with E-state index in [-0.39, 0.29) is 29.9 Å². The molecule has 0 bridgehead atoms. The minimum absolute atomic E-state index is 0. The number of carbonyl (C=O) groups excluding carboxylic acids is 1. The number of likely N-dealkylation sites (tertiary alicyclic amines) is 1. The lowest BCUT2D eigenvalue weighted by atomic mass is 9.93. The highest BCUT2D eigenvalue weighted by molar-refractivity contribution is 14.0. The van der Waals surface area contributed by atoms with Crippen LogP contribution in [0.4, 0.5) is 0 Å². The average molecular weight is 480 g/mol. The fourth-order valence-electron chi connectivity index (χ4n) is 3.80. The number of amides is 1. The second-order valence-electron chi connectivity index (χ2n) is 7.27. The van der Waals surface area contributed by atoms with Crippen LogP contribution in [-0.2, 0) is 9.53 Å². The Morgan fingerprint density at radius 1 is 1.15 bits per heavy atom. The molecule has 1 amide bonds. The molecule has 2 fully saturated rings. The van der Waals surface area contributed by atoms with Crippen molar-refractivity contribution in [1.29, 1.82) is 0 Å². The van der Waals surface area contributed by atoms with E-state index in [9.17, 15) is 4.79 Å². The molecule has 0 atom stereocenters. The molecule has 0 unspecified atom stereocenters. The van der Waals surface area contributed by atoms with Crippen molar-refractivity contribution in [3.8, 4) is 0 Å². The van der Waals surface area contributed by atoms with E-state index >= 15 is 0 Å². The Balaban J connectivity index is 0.00000338. The summed E-state index contributed by atoms with van der Waals surface area (Å²) in [5, 5.41) is 6.18. The second-order valence-corrected chi connectivity index (χ2v) is 7.27. The molecule has 1 saturated heterocycles. The molecule has 1 heterocycles. The molecule has 6 nitrogen and oxygen atoms in total. The molecule has 152 valence electrons. The second kappa shape index (κ2) is 13.6. The van der Waals surface area contributed by atoms with Gasteiger partial charge in [0.25, 0.3) is 0 Å². The summed E-state index contributed by atoms with van der Waals surface area (Å²) in [6.07, 6.45) is 10.8. The van der Waals surface area contributed by atoms with Crippen LogP contribution in [0.2, 0.25) is 0 Å². The maximum Gasteiger partial charge on any atom is 0.220 e. The standard InChI is InChI=1S/C19H36N4O2.HI/c1-20-18(24)15-16-9-12-23(13-10-16)19(21-2)22-11-6-14-25-17-7-4-3-5-8-17;/h16-17H,3-15H2,1-2H3,(H,20,24)(H,21,22);1H. The number of hydrogen-bond donors (Lipinski definition) is 2.